The first kappa shape index (κ1) is 34.8. The fraction of sp³-hybridized carbons (Fsp3) is 0.441. The maximum atomic E-state index is 11.6. The van der Waals surface area contributed by atoms with E-state index >= 15 is 0 Å². The predicted molar refractivity (Wildman–Crippen MR) is 171 cm³/mol. The number of rotatable bonds is 11. The third kappa shape index (κ3) is 12.8. The summed E-state index contributed by atoms with van der Waals surface area (Å²) in [4.78, 5) is 27.5. The van der Waals surface area contributed by atoms with Gasteiger partial charge >= 0.3 is 0 Å². The standard InChI is InChI=1S/C20H31ClN2O.C11H11N.C3H6O/c1-6-9-18(12-13-19(24)7-2)23(5)16(4)22-14-17-11-8-10-15(3)20(17)21;1-8-3-4-10-7-12-9(2)6-11(10)5-8;1-3(2)4/h8,10-11,18,22H,4,6-7,9,12-14H2,1-3,5H3;3-7H,1-2H3;1-2H3. The number of hydrogen-bond acceptors (Lipinski definition) is 5. The number of Topliss-reactive ketones (excluding diaryl/α,β-unsaturated/α-hetero) is 2. The van der Waals surface area contributed by atoms with E-state index in [1.54, 1.807) is 0 Å². The Morgan fingerprint density at radius 3 is 2.33 bits per heavy atom. The molecule has 2 aromatic carbocycles. The van der Waals surface area contributed by atoms with Crippen LogP contribution in [0.25, 0.3) is 10.8 Å². The van der Waals surface area contributed by atoms with Gasteiger partial charge in [-0.3, -0.25) is 9.78 Å². The van der Waals surface area contributed by atoms with E-state index in [1.165, 1.54) is 30.2 Å². The van der Waals surface area contributed by atoms with Gasteiger partial charge in [0.25, 0.3) is 0 Å². The molecule has 40 heavy (non-hydrogen) atoms. The van der Waals surface area contributed by atoms with E-state index < -0.39 is 0 Å². The summed E-state index contributed by atoms with van der Waals surface area (Å²) in [6.45, 7) is 18.1. The summed E-state index contributed by atoms with van der Waals surface area (Å²) in [5.74, 6) is 1.37. The summed E-state index contributed by atoms with van der Waals surface area (Å²) in [6.07, 6.45) is 6.20. The number of halogens is 1. The van der Waals surface area contributed by atoms with E-state index in [0.717, 1.165) is 46.9 Å². The van der Waals surface area contributed by atoms with Gasteiger partial charge in [0.1, 0.15) is 11.6 Å². The number of pyridine rings is 1. The molecule has 0 spiro atoms. The maximum Gasteiger partial charge on any atom is 0.132 e. The second-order valence-corrected chi connectivity index (χ2v) is 10.8. The summed E-state index contributed by atoms with van der Waals surface area (Å²) in [5.41, 5.74) is 4.53. The van der Waals surface area contributed by atoms with E-state index in [4.69, 9.17) is 11.6 Å². The molecule has 1 unspecified atom stereocenters. The Hall–Kier alpha value is -3.18. The molecule has 3 rings (SSSR count). The van der Waals surface area contributed by atoms with Gasteiger partial charge in [0, 0.05) is 54.8 Å². The number of aromatic nitrogens is 1. The lowest BCUT2D eigenvalue weighted by molar-refractivity contribution is -0.119. The Labute approximate surface area is 247 Å². The fourth-order valence-electron chi connectivity index (χ4n) is 4.13. The number of fused-ring (bicyclic) bond motifs is 1. The molecule has 1 atom stereocenters. The van der Waals surface area contributed by atoms with Crippen molar-refractivity contribution in [2.75, 3.05) is 7.05 Å². The van der Waals surface area contributed by atoms with E-state index in [1.807, 2.05) is 52.2 Å². The third-order valence-electron chi connectivity index (χ3n) is 6.51. The van der Waals surface area contributed by atoms with Crippen LogP contribution in [0.4, 0.5) is 0 Å². The molecule has 5 nitrogen and oxygen atoms in total. The molecule has 0 bridgehead atoms. The van der Waals surface area contributed by atoms with Crippen molar-refractivity contribution in [2.24, 2.45) is 0 Å². The van der Waals surface area contributed by atoms with Gasteiger partial charge < -0.3 is 15.0 Å². The highest BCUT2D eigenvalue weighted by Gasteiger charge is 2.17. The highest BCUT2D eigenvalue weighted by molar-refractivity contribution is 6.32. The first-order chi connectivity index (χ1) is 18.9. The van der Waals surface area contributed by atoms with Crippen LogP contribution < -0.4 is 5.32 Å². The minimum Gasteiger partial charge on any atom is -0.368 e. The quantitative estimate of drug-likeness (QED) is 0.252. The number of carbonyl (C=O) groups excluding carboxylic acids is 2. The van der Waals surface area contributed by atoms with E-state index in [2.05, 4.69) is 59.9 Å². The maximum absolute atomic E-state index is 11.6. The monoisotopic (exact) mass is 565 g/mol. The summed E-state index contributed by atoms with van der Waals surface area (Å²) in [5, 5.41) is 6.67. The Kier molecular flexibility index (Phi) is 15.9. The van der Waals surface area contributed by atoms with Crippen LogP contribution in [0.1, 0.15) is 82.2 Å². The molecule has 1 aromatic heterocycles. The molecule has 1 N–H and O–H groups in total. The average Bonchev–Trinajstić information content (AvgIpc) is 2.90. The van der Waals surface area contributed by atoms with Gasteiger partial charge in [-0.2, -0.15) is 0 Å². The lowest BCUT2D eigenvalue weighted by atomic mass is 10.0. The number of nitrogens with one attached hydrogen (secondary N) is 1. The van der Waals surface area contributed by atoms with Gasteiger partial charge in [0.15, 0.2) is 0 Å². The first-order valence-electron chi connectivity index (χ1n) is 14.1. The summed E-state index contributed by atoms with van der Waals surface area (Å²) in [6, 6.07) is 14.9. The van der Waals surface area contributed by atoms with Crippen molar-refractivity contribution in [1.82, 2.24) is 15.2 Å². The zero-order valence-electron chi connectivity index (χ0n) is 25.7. The SMILES string of the molecule is C=C(NCc1cccc(C)c1Cl)N(C)C(CCC)CCC(=O)CC.CC(C)=O.Cc1ccc2cnc(C)cc2c1. The normalized spacial score (nSPS) is 10.9. The molecule has 0 fully saturated rings. The predicted octanol–water partition coefficient (Wildman–Crippen LogP) is 8.52. The second-order valence-electron chi connectivity index (χ2n) is 10.4. The fourth-order valence-corrected chi connectivity index (χ4v) is 4.32. The van der Waals surface area contributed by atoms with Crippen molar-refractivity contribution >= 4 is 33.9 Å². The van der Waals surface area contributed by atoms with Crippen molar-refractivity contribution in [3.8, 4) is 0 Å². The lowest BCUT2D eigenvalue weighted by Gasteiger charge is -2.32. The van der Waals surface area contributed by atoms with Gasteiger partial charge in [0.2, 0.25) is 0 Å². The molecule has 1 heterocycles. The number of nitrogens with zero attached hydrogens (tertiary/aromatic N) is 2. The molecule has 0 saturated carbocycles. The van der Waals surface area contributed by atoms with Gasteiger partial charge in [-0.05, 0) is 70.0 Å². The third-order valence-corrected chi connectivity index (χ3v) is 7.06. The lowest BCUT2D eigenvalue weighted by Crippen LogP contribution is -2.36. The number of benzene rings is 2. The highest BCUT2D eigenvalue weighted by Crippen LogP contribution is 2.21. The molecular formula is C34H48ClN3O2. The first-order valence-corrected chi connectivity index (χ1v) is 14.5. The van der Waals surface area contributed by atoms with Crippen LogP contribution in [0.2, 0.25) is 5.02 Å². The van der Waals surface area contributed by atoms with Gasteiger partial charge in [-0.1, -0.05) is 80.4 Å². The number of hydrogen-bond donors (Lipinski definition) is 1. The summed E-state index contributed by atoms with van der Waals surface area (Å²) >= 11 is 6.35. The van der Waals surface area contributed by atoms with Gasteiger partial charge in [-0.25, -0.2) is 0 Å². The molecule has 0 saturated heterocycles. The van der Waals surface area contributed by atoms with Crippen molar-refractivity contribution < 1.29 is 9.59 Å². The number of carbonyl (C=O) groups is 2. The van der Waals surface area contributed by atoms with E-state index in [-0.39, 0.29) is 5.78 Å². The minimum atomic E-state index is 0.167. The Balaban J connectivity index is 0.000000410. The number of aryl methyl sites for hydroxylation is 3. The van der Waals surface area contributed by atoms with Crippen LogP contribution in [0, 0.1) is 20.8 Å². The Morgan fingerprint density at radius 1 is 1.02 bits per heavy atom. The summed E-state index contributed by atoms with van der Waals surface area (Å²) in [7, 11) is 2.05. The molecule has 0 aliphatic rings. The second kappa shape index (κ2) is 18.2. The molecule has 0 radical (unpaired) electrons. The zero-order valence-corrected chi connectivity index (χ0v) is 26.5. The van der Waals surface area contributed by atoms with Crippen LogP contribution >= 0.6 is 11.6 Å². The van der Waals surface area contributed by atoms with E-state index in [0.29, 0.717) is 31.2 Å². The Morgan fingerprint density at radius 2 is 1.70 bits per heavy atom. The van der Waals surface area contributed by atoms with Crippen LogP contribution in [-0.4, -0.2) is 34.5 Å². The zero-order chi connectivity index (χ0) is 30.2. The number of ketones is 2. The van der Waals surface area contributed by atoms with Gasteiger partial charge in [0.05, 0.1) is 5.82 Å². The van der Waals surface area contributed by atoms with Crippen LogP contribution in [0.15, 0.2) is 61.1 Å². The topological polar surface area (TPSA) is 62.3 Å². The van der Waals surface area contributed by atoms with Crippen molar-refractivity contribution in [1.29, 1.82) is 0 Å². The minimum absolute atomic E-state index is 0.167. The highest BCUT2D eigenvalue weighted by atomic mass is 35.5. The molecule has 0 aliphatic carbocycles. The molecule has 3 aromatic rings. The molecule has 0 amide bonds. The summed E-state index contributed by atoms with van der Waals surface area (Å²) < 4.78 is 0. The smallest absolute Gasteiger partial charge is 0.132 e. The van der Waals surface area contributed by atoms with Gasteiger partial charge in [-0.15, -0.1) is 0 Å². The molecule has 6 heteroatoms. The van der Waals surface area contributed by atoms with Crippen molar-refractivity contribution in [2.45, 2.75) is 93.2 Å². The van der Waals surface area contributed by atoms with Crippen molar-refractivity contribution in [3.63, 3.8) is 0 Å². The molecule has 0 aliphatic heterocycles. The molecule has 218 valence electrons. The van der Waals surface area contributed by atoms with Crippen LogP contribution in [0.5, 0.6) is 0 Å². The largest absolute Gasteiger partial charge is 0.368 e. The Bertz CT molecular complexity index is 1210. The van der Waals surface area contributed by atoms with Crippen molar-refractivity contribution in [3.05, 3.63) is 88.5 Å². The van der Waals surface area contributed by atoms with E-state index in [9.17, 15) is 9.59 Å². The van der Waals surface area contributed by atoms with Crippen LogP contribution in [-0.2, 0) is 16.1 Å². The van der Waals surface area contributed by atoms with Crippen LogP contribution in [0.3, 0.4) is 0 Å². The molecular weight excluding hydrogens is 518 g/mol. The average molecular weight is 566 g/mol.